The molecule has 2 aromatic rings. The van der Waals surface area contributed by atoms with E-state index in [-0.39, 0.29) is 0 Å². The van der Waals surface area contributed by atoms with Crippen LogP contribution in [0.15, 0.2) is 17.2 Å². The number of carbonyl (C=O) groups excluding carboxylic acids is 1. The first-order valence-corrected chi connectivity index (χ1v) is 9.75. The van der Waals surface area contributed by atoms with Crippen molar-refractivity contribution in [1.82, 2.24) is 14.3 Å². The Balaban J connectivity index is 2.47. The second-order valence-corrected chi connectivity index (χ2v) is 7.98. The maximum absolute atomic E-state index is 14.8. The molecule has 0 aliphatic rings. The molecule has 2 rings (SSSR count). The van der Waals surface area contributed by atoms with Crippen molar-refractivity contribution in [3.8, 4) is 0 Å². The monoisotopic (exact) mass is 476 g/mol. The third-order valence-electron chi connectivity index (χ3n) is 4.25. The molecular weight excluding hydrogens is 461 g/mol. The van der Waals surface area contributed by atoms with Gasteiger partial charge in [-0.15, -0.1) is 0 Å². The van der Waals surface area contributed by atoms with Gasteiger partial charge >= 0.3 is 6.18 Å². The third kappa shape index (κ3) is 4.81. The molecule has 0 radical (unpaired) electrons. The average Bonchev–Trinajstić information content (AvgIpc) is 2.84. The molecule has 31 heavy (non-hydrogen) atoms. The Morgan fingerprint density at radius 3 is 2.29 bits per heavy atom. The van der Waals surface area contributed by atoms with E-state index in [1.807, 2.05) is 5.32 Å². The Hall–Kier alpha value is -2.68. The highest BCUT2D eigenvalue weighted by molar-refractivity contribution is 7.89. The fourth-order valence-corrected chi connectivity index (χ4v) is 4.12. The third-order valence-corrected chi connectivity index (χ3v) is 5.93. The molecule has 1 atom stereocenters. The van der Waals surface area contributed by atoms with Crippen LogP contribution in [0.1, 0.15) is 35.2 Å². The highest BCUT2D eigenvalue weighted by Gasteiger charge is 2.41. The molecule has 172 valence electrons. The van der Waals surface area contributed by atoms with Crippen LogP contribution in [0.4, 0.5) is 36.4 Å². The lowest BCUT2D eigenvalue weighted by Gasteiger charge is -2.17. The Morgan fingerprint density at radius 2 is 1.77 bits per heavy atom. The topological polar surface area (TPSA) is 93.1 Å². The predicted octanol–water partition coefficient (Wildman–Crippen LogP) is 3.43. The zero-order chi connectivity index (χ0) is 23.9. The average molecular weight is 476 g/mol. The molecule has 1 amide bonds. The van der Waals surface area contributed by atoms with Gasteiger partial charge in [-0.2, -0.15) is 17.9 Å². The number of halogens is 7. The van der Waals surface area contributed by atoms with Crippen LogP contribution >= 0.6 is 0 Å². The second kappa shape index (κ2) is 8.45. The van der Waals surface area contributed by atoms with E-state index in [0.717, 1.165) is 26.2 Å². The summed E-state index contributed by atoms with van der Waals surface area (Å²) in [6, 6.07) is -1.76. The molecule has 2 heterocycles. The van der Waals surface area contributed by atoms with E-state index in [1.165, 1.54) is 4.72 Å². The number of nitrogens with one attached hydrogen (secondary N) is 2. The fraction of sp³-hybridized carbons (Fsp3) is 0.375. The van der Waals surface area contributed by atoms with Crippen LogP contribution in [0, 0.1) is 18.6 Å². The zero-order valence-corrected chi connectivity index (χ0v) is 16.8. The SMILES string of the molecule is Cc1c(S(=O)(=O)N[C@H](C)C(F)(F)F)c(F)c(C(=O)Nc2ccnc(C(F)F)c2F)n1C. The molecular formula is C16H15F7N4O3S. The highest BCUT2D eigenvalue weighted by atomic mass is 32.2. The zero-order valence-electron chi connectivity index (χ0n) is 16.0. The summed E-state index contributed by atoms with van der Waals surface area (Å²) in [4.78, 5) is 14.3. The van der Waals surface area contributed by atoms with Crippen LogP contribution in [0.3, 0.4) is 0 Å². The number of sulfonamides is 1. The van der Waals surface area contributed by atoms with E-state index in [4.69, 9.17) is 0 Å². The maximum Gasteiger partial charge on any atom is 0.404 e. The molecule has 0 aliphatic heterocycles. The predicted molar refractivity (Wildman–Crippen MR) is 93.1 cm³/mol. The minimum absolute atomic E-state index is 0.437. The molecule has 0 aliphatic carbocycles. The van der Waals surface area contributed by atoms with Gasteiger partial charge in [-0.1, -0.05) is 0 Å². The van der Waals surface area contributed by atoms with Gasteiger partial charge in [-0.05, 0) is 19.9 Å². The van der Waals surface area contributed by atoms with Crippen molar-refractivity contribution in [3.63, 3.8) is 0 Å². The van der Waals surface area contributed by atoms with Gasteiger partial charge in [0.2, 0.25) is 10.0 Å². The van der Waals surface area contributed by atoms with Crippen LogP contribution < -0.4 is 10.0 Å². The molecule has 0 unspecified atom stereocenters. The number of pyridine rings is 1. The smallest absolute Gasteiger partial charge is 0.340 e. The molecule has 0 aromatic carbocycles. The Kier molecular flexibility index (Phi) is 6.70. The number of hydrogen-bond acceptors (Lipinski definition) is 4. The van der Waals surface area contributed by atoms with Gasteiger partial charge in [-0.3, -0.25) is 9.78 Å². The van der Waals surface area contributed by atoms with Crippen molar-refractivity contribution in [2.45, 2.75) is 37.4 Å². The van der Waals surface area contributed by atoms with E-state index in [1.54, 1.807) is 0 Å². The van der Waals surface area contributed by atoms with Crippen LogP contribution in [-0.2, 0) is 17.1 Å². The molecule has 15 heteroatoms. The minimum atomic E-state index is -5.07. The molecule has 0 spiro atoms. The van der Waals surface area contributed by atoms with Crippen LogP contribution in [0.5, 0.6) is 0 Å². The van der Waals surface area contributed by atoms with Gasteiger partial charge in [-0.25, -0.2) is 26.0 Å². The number of hydrogen-bond donors (Lipinski definition) is 2. The van der Waals surface area contributed by atoms with Gasteiger partial charge in [0, 0.05) is 18.9 Å². The lowest BCUT2D eigenvalue weighted by molar-refractivity contribution is -0.147. The molecule has 0 bridgehead atoms. The number of carbonyl (C=O) groups is 1. The lowest BCUT2D eigenvalue weighted by Crippen LogP contribution is -2.43. The summed E-state index contributed by atoms with van der Waals surface area (Å²) in [5.74, 6) is -4.73. The first-order chi connectivity index (χ1) is 14.1. The molecule has 2 N–H and O–H groups in total. The van der Waals surface area contributed by atoms with Crippen LogP contribution in [-0.4, -0.2) is 36.1 Å². The molecule has 0 saturated carbocycles. The first kappa shape index (κ1) is 24.6. The Bertz CT molecular complexity index is 1110. The van der Waals surface area contributed by atoms with E-state index in [2.05, 4.69) is 4.98 Å². The van der Waals surface area contributed by atoms with Crippen molar-refractivity contribution in [2.24, 2.45) is 7.05 Å². The number of alkyl halides is 5. The van der Waals surface area contributed by atoms with E-state index in [0.29, 0.717) is 11.5 Å². The summed E-state index contributed by atoms with van der Waals surface area (Å²) < 4.78 is 119. The molecule has 7 nitrogen and oxygen atoms in total. The number of nitrogens with zero attached hydrogens (tertiary/aromatic N) is 2. The molecule has 0 saturated heterocycles. The summed E-state index contributed by atoms with van der Waals surface area (Å²) in [6.45, 7) is 1.52. The number of amides is 1. The minimum Gasteiger partial charge on any atom is -0.340 e. The summed E-state index contributed by atoms with van der Waals surface area (Å²) in [5.41, 5.74) is -3.49. The van der Waals surface area contributed by atoms with E-state index < -0.39 is 73.9 Å². The highest BCUT2D eigenvalue weighted by Crippen LogP contribution is 2.29. The molecule has 0 fully saturated rings. The summed E-state index contributed by atoms with van der Waals surface area (Å²) in [5, 5.41) is 1.82. The maximum atomic E-state index is 14.8. The Labute approximate surface area is 171 Å². The Morgan fingerprint density at radius 1 is 1.19 bits per heavy atom. The van der Waals surface area contributed by atoms with Crippen LogP contribution in [0.2, 0.25) is 0 Å². The molecule has 2 aromatic heterocycles. The lowest BCUT2D eigenvalue weighted by atomic mass is 10.3. The summed E-state index contributed by atoms with van der Waals surface area (Å²) in [6.07, 6.45) is -7.52. The van der Waals surface area contributed by atoms with E-state index >= 15 is 0 Å². The van der Waals surface area contributed by atoms with Crippen LogP contribution in [0.25, 0.3) is 0 Å². The number of rotatable bonds is 6. The number of anilines is 1. The fourth-order valence-electron chi connectivity index (χ4n) is 2.55. The van der Waals surface area contributed by atoms with Crippen molar-refractivity contribution in [3.05, 3.63) is 41.0 Å². The van der Waals surface area contributed by atoms with Crippen molar-refractivity contribution in [2.75, 3.05) is 5.32 Å². The summed E-state index contributed by atoms with van der Waals surface area (Å²) in [7, 11) is -4.03. The van der Waals surface area contributed by atoms with Crippen molar-refractivity contribution < 1.29 is 43.9 Å². The van der Waals surface area contributed by atoms with Gasteiger partial charge in [0.05, 0.1) is 5.69 Å². The van der Waals surface area contributed by atoms with Gasteiger partial charge in [0.25, 0.3) is 12.3 Å². The normalized spacial score (nSPS) is 13.5. The van der Waals surface area contributed by atoms with Gasteiger partial charge < -0.3 is 9.88 Å². The first-order valence-electron chi connectivity index (χ1n) is 8.27. The van der Waals surface area contributed by atoms with Crippen molar-refractivity contribution >= 4 is 21.6 Å². The quantitative estimate of drug-likeness (QED) is 0.625. The van der Waals surface area contributed by atoms with Gasteiger partial charge in [0.15, 0.2) is 11.6 Å². The largest absolute Gasteiger partial charge is 0.404 e. The second-order valence-electron chi connectivity index (χ2n) is 6.33. The van der Waals surface area contributed by atoms with E-state index in [9.17, 15) is 43.9 Å². The number of aromatic nitrogens is 2. The van der Waals surface area contributed by atoms with Gasteiger partial charge in [0.1, 0.15) is 22.3 Å². The van der Waals surface area contributed by atoms with Crippen molar-refractivity contribution in [1.29, 1.82) is 0 Å². The summed E-state index contributed by atoms with van der Waals surface area (Å²) >= 11 is 0. The standard InChI is InChI=1S/C16H15F7N4O3S/c1-6-13(31(29,30)26-7(2)16(21,22)23)10(18)12(27(6)3)15(28)25-8-4-5-24-11(9(8)17)14(19)20/h4-5,7,14,26H,1-3H3,(H,24,25,28)/t7-/m1/s1.